The summed E-state index contributed by atoms with van der Waals surface area (Å²) in [6, 6.07) is 25.1. The van der Waals surface area contributed by atoms with Gasteiger partial charge in [0.15, 0.2) is 0 Å². The molecule has 0 unspecified atom stereocenters. The Morgan fingerprint density at radius 1 is 0.900 bits per heavy atom. The zero-order valence-electron chi connectivity index (χ0n) is 17.8. The van der Waals surface area contributed by atoms with Gasteiger partial charge in [0.2, 0.25) is 0 Å². The summed E-state index contributed by atoms with van der Waals surface area (Å²) in [5, 5.41) is 3.18. The summed E-state index contributed by atoms with van der Waals surface area (Å²) in [6.45, 7) is 4.77. The number of hydrogen-bond donors (Lipinski definition) is 1. The third kappa shape index (κ3) is 6.11. The van der Waals surface area contributed by atoms with Gasteiger partial charge in [-0.2, -0.15) is 0 Å². The first-order valence-corrected chi connectivity index (χ1v) is 10.3. The van der Waals surface area contributed by atoms with Crippen LogP contribution in [0.2, 0.25) is 0 Å². The van der Waals surface area contributed by atoms with Crippen LogP contribution in [0.25, 0.3) is 0 Å². The molecule has 0 bridgehead atoms. The molecule has 0 aliphatic carbocycles. The normalized spacial score (nSPS) is 11.7. The maximum atomic E-state index is 13.0. The molecule has 1 atom stereocenters. The van der Waals surface area contributed by atoms with Crippen molar-refractivity contribution < 1.29 is 14.3 Å². The fraction of sp³-hybridized carbons (Fsp3) is 0.269. The first-order chi connectivity index (χ1) is 14.5. The van der Waals surface area contributed by atoms with Crippen molar-refractivity contribution in [3.05, 3.63) is 95.6 Å². The van der Waals surface area contributed by atoms with E-state index in [2.05, 4.69) is 19.2 Å². The summed E-state index contributed by atoms with van der Waals surface area (Å²) in [7, 11) is 1.65. The molecule has 4 nitrogen and oxygen atoms in total. The predicted molar refractivity (Wildman–Crippen MR) is 120 cm³/mol. The summed E-state index contributed by atoms with van der Waals surface area (Å²) in [4.78, 5) is 13.0. The molecule has 3 rings (SSSR count). The topological polar surface area (TPSA) is 47.6 Å². The molecule has 4 heteroatoms. The first kappa shape index (κ1) is 21.4. The molecule has 0 radical (unpaired) electrons. The molecule has 1 N–H and O–H groups in total. The molecular formula is C26H29NO3. The van der Waals surface area contributed by atoms with Crippen molar-refractivity contribution in [3.63, 3.8) is 0 Å². The summed E-state index contributed by atoms with van der Waals surface area (Å²) in [5.41, 5.74) is 2.74. The van der Waals surface area contributed by atoms with Crippen LogP contribution in [0, 0.1) is 5.92 Å². The average Bonchev–Trinajstić information content (AvgIpc) is 2.78. The molecule has 0 saturated heterocycles. The Hall–Kier alpha value is -3.27. The van der Waals surface area contributed by atoms with Crippen LogP contribution in [0.3, 0.4) is 0 Å². The first-order valence-electron chi connectivity index (χ1n) is 10.3. The SMILES string of the molecule is COc1ccc([C@H](CC(C)C)NC(=O)c2cccc(OCc3ccccc3)c2)cc1. The van der Waals surface area contributed by atoms with Gasteiger partial charge in [0.1, 0.15) is 18.1 Å². The van der Waals surface area contributed by atoms with Gasteiger partial charge < -0.3 is 14.8 Å². The highest BCUT2D eigenvalue weighted by atomic mass is 16.5. The number of ether oxygens (including phenoxy) is 2. The lowest BCUT2D eigenvalue weighted by atomic mass is 9.96. The Morgan fingerprint density at radius 3 is 2.30 bits per heavy atom. The lowest BCUT2D eigenvalue weighted by molar-refractivity contribution is 0.0931. The monoisotopic (exact) mass is 403 g/mol. The highest BCUT2D eigenvalue weighted by molar-refractivity contribution is 5.94. The number of carbonyl (C=O) groups is 1. The van der Waals surface area contributed by atoms with Crippen molar-refractivity contribution in [1.29, 1.82) is 0 Å². The number of amides is 1. The molecule has 156 valence electrons. The van der Waals surface area contributed by atoms with Gasteiger partial charge in [-0.3, -0.25) is 4.79 Å². The van der Waals surface area contributed by atoms with E-state index >= 15 is 0 Å². The van der Waals surface area contributed by atoms with Crippen molar-refractivity contribution in [2.75, 3.05) is 7.11 Å². The zero-order chi connectivity index (χ0) is 21.3. The molecule has 1 amide bonds. The fourth-order valence-electron chi connectivity index (χ4n) is 3.30. The van der Waals surface area contributed by atoms with E-state index in [1.54, 1.807) is 13.2 Å². The largest absolute Gasteiger partial charge is 0.497 e. The summed E-state index contributed by atoms with van der Waals surface area (Å²) >= 11 is 0. The number of benzene rings is 3. The van der Waals surface area contributed by atoms with Gasteiger partial charge in [-0.05, 0) is 53.8 Å². The second kappa shape index (κ2) is 10.5. The number of rotatable bonds is 9. The molecule has 0 aromatic heterocycles. The maximum absolute atomic E-state index is 13.0. The summed E-state index contributed by atoms with van der Waals surface area (Å²) < 4.78 is 11.1. The lowest BCUT2D eigenvalue weighted by Crippen LogP contribution is -2.29. The molecular weight excluding hydrogens is 374 g/mol. The van der Waals surface area contributed by atoms with Crippen LogP contribution in [0.15, 0.2) is 78.9 Å². The number of carbonyl (C=O) groups excluding carboxylic acids is 1. The van der Waals surface area contributed by atoms with Crippen LogP contribution in [-0.4, -0.2) is 13.0 Å². The van der Waals surface area contributed by atoms with Crippen LogP contribution in [0.5, 0.6) is 11.5 Å². The fourth-order valence-corrected chi connectivity index (χ4v) is 3.30. The summed E-state index contributed by atoms with van der Waals surface area (Å²) in [5.74, 6) is 1.81. The molecule has 0 heterocycles. The molecule has 0 spiro atoms. The van der Waals surface area contributed by atoms with Crippen LogP contribution in [-0.2, 0) is 6.61 Å². The van der Waals surface area contributed by atoms with Crippen LogP contribution in [0.1, 0.15) is 47.8 Å². The molecule has 3 aromatic rings. The van der Waals surface area contributed by atoms with E-state index in [0.717, 1.165) is 23.3 Å². The molecule has 3 aromatic carbocycles. The van der Waals surface area contributed by atoms with Crippen LogP contribution >= 0.6 is 0 Å². The van der Waals surface area contributed by atoms with E-state index in [9.17, 15) is 4.79 Å². The Kier molecular flexibility index (Phi) is 7.50. The molecule has 0 aliphatic rings. The quantitative estimate of drug-likeness (QED) is 0.492. The number of methoxy groups -OCH3 is 1. The van der Waals surface area contributed by atoms with Gasteiger partial charge in [0, 0.05) is 5.56 Å². The van der Waals surface area contributed by atoms with Crippen LogP contribution in [0.4, 0.5) is 0 Å². The van der Waals surface area contributed by atoms with Gasteiger partial charge in [-0.25, -0.2) is 0 Å². The molecule has 30 heavy (non-hydrogen) atoms. The highest BCUT2D eigenvalue weighted by Crippen LogP contribution is 2.24. The van der Waals surface area contributed by atoms with E-state index in [4.69, 9.17) is 9.47 Å². The minimum absolute atomic E-state index is 0.0719. The Morgan fingerprint density at radius 2 is 1.63 bits per heavy atom. The third-order valence-electron chi connectivity index (χ3n) is 4.88. The Bertz CT molecular complexity index is 936. The number of nitrogens with one attached hydrogen (secondary N) is 1. The van der Waals surface area contributed by atoms with Gasteiger partial charge >= 0.3 is 0 Å². The Labute approximate surface area is 178 Å². The highest BCUT2D eigenvalue weighted by Gasteiger charge is 2.18. The van der Waals surface area contributed by atoms with E-state index in [-0.39, 0.29) is 11.9 Å². The molecule has 0 saturated carbocycles. The van der Waals surface area contributed by atoms with Crippen molar-refractivity contribution in [2.45, 2.75) is 32.9 Å². The van der Waals surface area contributed by atoms with Gasteiger partial charge in [0.25, 0.3) is 5.91 Å². The van der Waals surface area contributed by atoms with Crippen LogP contribution < -0.4 is 14.8 Å². The second-order valence-electron chi connectivity index (χ2n) is 7.73. The van der Waals surface area contributed by atoms with Crippen molar-refractivity contribution in [3.8, 4) is 11.5 Å². The zero-order valence-corrected chi connectivity index (χ0v) is 17.8. The average molecular weight is 404 g/mol. The van der Waals surface area contributed by atoms with Gasteiger partial charge in [0.05, 0.1) is 13.2 Å². The van der Waals surface area contributed by atoms with Crippen molar-refractivity contribution >= 4 is 5.91 Å². The minimum Gasteiger partial charge on any atom is -0.497 e. The molecule has 0 fully saturated rings. The summed E-state index contributed by atoms with van der Waals surface area (Å²) in [6.07, 6.45) is 0.849. The van der Waals surface area contributed by atoms with Gasteiger partial charge in [-0.15, -0.1) is 0 Å². The Balaban J connectivity index is 1.70. The van der Waals surface area contributed by atoms with Crippen molar-refractivity contribution in [2.24, 2.45) is 5.92 Å². The second-order valence-corrected chi connectivity index (χ2v) is 7.73. The minimum atomic E-state index is -0.110. The van der Waals surface area contributed by atoms with E-state index in [1.165, 1.54) is 0 Å². The molecule has 0 aliphatic heterocycles. The van der Waals surface area contributed by atoms with Gasteiger partial charge in [-0.1, -0.05) is 62.4 Å². The maximum Gasteiger partial charge on any atom is 0.251 e. The number of hydrogen-bond acceptors (Lipinski definition) is 3. The standard InChI is InChI=1S/C26H29NO3/c1-19(2)16-25(21-12-14-23(29-3)15-13-21)27-26(28)22-10-7-11-24(17-22)30-18-20-8-5-4-6-9-20/h4-15,17,19,25H,16,18H2,1-3H3,(H,27,28)/t25-/m0/s1. The van der Waals surface area contributed by atoms with E-state index < -0.39 is 0 Å². The predicted octanol–water partition coefficient (Wildman–Crippen LogP) is 5.79. The van der Waals surface area contributed by atoms with E-state index in [1.807, 2.05) is 72.8 Å². The lowest BCUT2D eigenvalue weighted by Gasteiger charge is -2.21. The smallest absolute Gasteiger partial charge is 0.251 e. The van der Waals surface area contributed by atoms with Crippen molar-refractivity contribution in [1.82, 2.24) is 5.32 Å². The third-order valence-corrected chi connectivity index (χ3v) is 4.88. The van der Waals surface area contributed by atoms with E-state index in [0.29, 0.717) is 23.8 Å².